The molecule has 20 heavy (non-hydrogen) atoms. The fourth-order valence-electron chi connectivity index (χ4n) is 2.42. The standard InChI is InChI=1S/C16H22N2O2/c1-4-13-5-7-14(8-6-13)16(20)12(2)18-10-9-17(3)15(19)11-18/h5-8,12H,4,9-11H2,1-3H3. The molecule has 1 amide bonds. The molecule has 4 heteroatoms. The van der Waals surface area contributed by atoms with Gasteiger partial charge in [0.1, 0.15) is 0 Å². The fourth-order valence-corrected chi connectivity index (χ4v) is 2.42. The zero-order chi connectivity index (χ0) is 14.7. The van der Waals surface area contributed by atoms with Gasteiger partial charge < -0.3 is 4.90 Å². The Morgan fingerprint density at radius 2 is 1.90 bits per heavy atom. The maximum atomic E-state index is 12.5. The number of carbonyl (C=O) groups is 2. The third kappa shape index (κ3) is 3.07. The van der Waals surface area contributed by atoms with Gasteiger partial charge in [-0.3, -0.25) is 14.5 Å². The summed E-state index contributed by atoms with van der Waals surface area (Å²) in [7, 11) is 1.80. The average molecular weight is 274 g/mol. The van der Waals surface area contributed by atoms with Crippen molar-refractivity contribution in [3.05, 3.63) is 35.4 Å². The first kappa shape index (κ1) is 14.7. The molecule has 4 nitrogen and oxygen atoms in total. The van der Waals surface area contributed by atoms with Gasteiger partial charge in [-0.25, -0.2) is 0 Å². The summed E-state index contributed by atoms with van der Waals surface area (Å²) in [5, 5.41) is 0. The number of benzene rings is 1. The topological polar surface area (TPSA) is 40.6 Å². The zero-order valence-electron chi connectivity index (χ0n) is 12.4. The first-order valence-corrected chi connectivity index (χ1v) is 7.14. The lowest BCUT2D eigenvalue weighted by Crippen LogP contribution is -2.53. The first-order valence-electron chi connectivity index (χ1n) is 7.14. The maximum absolute atomic E-state index is 12.5. The lowest BCUT2D eigenvalue weighted by Gasteiger charge is -2.35. The van der Waals surface area contributed by atoms with Crippen LogP contribution >= 0.6 is 0 Å². The van der Waals surface area contributed by atoms with E-state index in [0.29, 0.717) is 13.1 Å². The molecule has 108 valence electrons. The molecule has 1 aromatic carbocycles. The minimum absolute atomic E-state index is 0.0808. The van der Waals surface area contributed by atoms with Crippen molar-refractivity contribution in [2.75, 3.05) is 26.7 Å². The monoisotopic (exact) mass is 274 g/mol. The summed E-state index contributed by atoms with van der Waals surface area (Å²) in [5.74, 6) is 0.169. The van der Waals surface area contributed by atoms with Crippen molar-refractivity contribution in [1.82, 2.24) is 9.80 Å². The van der Waals surface area contributed by atoms with Crippen LogP contribution in [0.3, 0.4) is 0 Å². The van der Waals surface area contributed by atoms with E-state index < -0.39 is 0 Å². The summed E-state index contributed by atoms with van der Waals surface area (Å²) in [6, 6.07) is 7.51. The molecule has 1 atom stereocenters. The Hall–Kier alpha value is -1.68. The Kier molecular flexibility index (Phi) is 4.55. The molecule has 2 rings (SSSR count). The van der Waals surface area contributed by atoms with Gasteiger partial charge in [0.25, 0.3) is 0 Å². The minimum atomic E-state index is -0.250. The molecule has 0 radical (unpaired) electrons. The van der Waals surface area contributed by atoms with Crippen LogP contribution in [-0.2, 0) is 11.2 Å². The molecular weight excluding hydrogens is 252 g/mol. The van der Waals surface area contributed by atoms with Crippen molar-refractivity contribution in [3.8, 4) is 0 Å². The van der Waals surface area contributed by atoms with Crippen LogP contribution in [0.15, 0.2) is 24.3 Å². The highest BCUT2D eigenvalue weighted by molar-refractivity contribution is 6.00. The minimum Gasteiger partial charge on any atom is -0.343 e. The molecule has 0 bridgehead atoms. The van der Waals surface area contributed by atoms with Gasteiger partial charge in [0.2, 0.25) is 5.91 Å². The van der Waals surface area contributed by atoms with Crippen LogP contribution in [0, 0.1) is 0 Å². The van der Waals surface area contributed by atoms with Gasteiger partial charge in [-0.1, -0.05) is 31.2 Å². The smallest absolute Gasteiger partial charge is 0.236 e. The molecule has 1 unspecified atom stereocenters. The van der Waals surface area contributed by atoms with Gasteiger partial charge in [0, 0.05) is 25.7 Å². The molecule has 1 saturated heterocycles. The molecule has 0 N–H and O–H groups in total. The van der Waals surface area contributed by atoms with E-state index in [1.165, 1.54) is 5.56 Å². The Morgan fingerprint density at radius 3 is 2.45 bits per heavy atom. The van der Waals surface area contributed by atoms with Crippen LogP contribution in [0.4, 0.5) is 0 Å². The van der Waals surface area contributed by atoms with E-state index in [9.17, 15) is 9.59 Å². The molecule has 0 saturated carbocycles. The van der Waals surface area contributed by atoms with Crippen LogP contribution in [0.1, 0.15) is 29.8 Å². The van der Waals surface area contributed by atoms with Crippen molar-refractivity contribution in [2.24, 2.45) is 0 Å². The van der Waals surface area contributed by atoms with Gasteiger partial charge >= 0.3 is 0 Å². The molecule has 1 fully saturated rings. The Morgan fingerprint density at radius 1 is 1.25 bits per heavy atom. The molecule has 0 spiro atoms. The highest BCUT2D eigenvalue weighted by Crippen LogP contribution is 2.13. The van der Waals surface area contributed by atoms with E-state index in [-0.39, 0.29) is 17.7 Å². The number of nitrogens with zero attached hydrogens (tertiary/aromatic N) is 2. The number of piperazine rings is 1. The number of likely N-dealkylation sites (N-methyl/N-ethyl adjacent to an activating group) is 1. The normalized spacial score (nSPS) is 18.1. The Balaban J connectivity index is 2.06. The van der Waals surface area contributed by atoms with Crippen molar-refractivity contribution in [2.45, 2.75) is 26.3 Å². The average Bonchev–Trinajstić information content (AvgIpc) is 2.48. The van der Waals surface area contributed by atoms with Crippen LogP contribution in [0.2, 0.25) is 0 Å². The van der Waals surface area contributed by atoms with Crippen molar-refractivity contribution >= 4 is 11.7 Å². The lowest BCUT2D eigenvalue weighted by atomic mass is 10.0. The van der Waals surface area contributed by atoms with Crippen LogP contribution in [0.5, 0.6) is 0 Å². The first-order chi connectivity index (χ1) is 9.52. The van der Waals surface area contributed by atoms with Crippen molar-refractivity contribution in [3.63, 3.8) is 0 Å². The van der Waals surface area contributed by atoms with Crippen molar-refractivity contribution < 1.29 is 9.59 Å². The predicted octanol–water partition coefficient (Wildman–Crippen LogP) is 1.59. The number of hydrogen-bond acceptors (Lipinski definition) is 3. The highest BCUT2D eigenvalue weighted by atomic mass is 16.2. The van der Waals surface area contributed by atoms with Gasteiger partial charge in [-0.2, -0.15) is 0 Å². The predicted molar refractivity (Wildman–Crippen MR) is 78.8 cm³/mol. The van der Waals surface area contributed by atoms with Gasteiger partial charge in [0.15, 0.2) is 5.78 Å². The number of rotatable bonds is 4. The van der Waals surface area contributed by atoms with E-state index >= 15 is 0 Å². The molecule has 1 aliphatic rings. The maximum Gasteiger partial charge on any atom is 0.236 e. The number of ketones is 1. The summed E-state index contributed by atoms with van der Waals surface area (Å²) in [6.07, 6.45) is 0.969. The van der Waals surface area contributed by atoms with E-state index in [1.807, 2.05) is 36.1 Å². The largest absolute Gasteiger partial charge is 0.343 e. The SMILES string of the molecule is CCc1ccc(C(=O)C(C)N2CCN(C)C(=O)C2)cc1. The summed E-state index contributed by atoms with van der Waals surface area (Å²) in [6.45, 7) is 5.74. The van der Waals surface area contributed by atoms with E-state index in [1.54, 1.807) is 11.9 Å². The lowest BCUT2D eigenvalue weighted by molar-refractivity contribution is -0.134. The quantitative estimate of drug-likeness (QED) is 0.783. The summed E-state index contributed by atoms with van der Waals surface area (Å²) in [5.41, 5.74) is 1.95. The van der Waals surface area contributed by atoms with Crippen LogP contribution < -0.4 is 0 Å². The second-order valence-electron chi connectivity index (χ2n) is 5.38. The second kappa shape index (κ2) is 6.18. The number of hydrogen-bond donors (Lipinski definition) is 0. The van der Waals surface area contributed by atoms with E-state index in [0.717, 1.165) is 18.5 Å². The Labute approximate surface area is 120 Å². The Bertz CT molecular complexity index is 496. The van der Waals surface area contributed by atoms with Gasteiger partial charge in [-0.15, -0.1) is 0 Å². The molecule has 1 aromatic rings. The highest BCUT2D eigenvalue weighted by Gasteiger charge is 2.28. The number of carbonyl (C=O) groups excluding carboxylic acids is 2. The third-order valence-electron chi connectivity index (χ3n) is 4.06. The molecule has 1 heterocycles. The third-order valence-corrected chi connectivity index (χ3v) is 4.06. The summed E-state index contributed by atoms with van der Waals surface area (Å²) >= 11 is 0. The van der Waals surface area contributed by atoms with Gasteiger partial charge in [0.05, 0.1) is 12.6 Å². The summed E-state index contributed by atoms with van der Waals surface area (Å²) in [4.78, 5) is 27.9. The zero-order valence-corrected chi connectivity index (χ0v) is 12.4. The molecule has 0 aliphatic carbocycles. The molecular formula is C16H22N2O2. The van der Waals surface area contributed by atoms with Crippen LogP contribution in [0.25, 0.3) is 0 Å². The van der Waals surface area contributed by atoms with Gasteiger partial charge in [-0.05, 0) is 18.9 Å². The van der Waals surface area contributed by atoms with Crippen LogP contribution in [-0.4, -0.2) is 54.2 Å². The number of Topliss-reactive ketones (excluding diaryl/α,β-unsaturated/α-hetero) is 1. The van der Waals surface area contributed by atoms with E-state index in [4.69, 9.17) is 0 Å². The van der Waals surface area contributed by atoms with E-state index in [2.05, 4.69) is 6.92 Å². The van der Waals surface area contributed by atoms with Crippen molar-refractivity contribution in [1.29, 1.82) is 0 Å². The molecule has 0 aromatic heterocycles. The molecule has 1 aliphatic heterocycles. The number of aryl methyl sites for hydroxylation is 1. The fraction of sp³-hybridized carbons (Fsp3) is 0.500. The number of amides is 1. The summed E-state index contributed by atoms with van der Waals surface area (Å²) < 4.78 is 0. The second-order valence-corrected chi connectivity index (χ2v) is 5.38.